The largest absolute Gasteiger partial charge is 0.443 e. The molecule has 0 saturated carbocycles. The standard InChI is InChI=1S/C23H24N4O2S/c1-30-22-16(13-24)6-7-17(25-22)14-26-10-8-18(9-11-26)27-21-19-5-3-2-4-15(19)12-20(21)29-23(27)28/h2-7,18,20-21H,8-12,14H2,1H3. The molecule has 154 valence electrons. The maximum Gasteiger partial charge on any atom is 0.411 e. The number of nitrogens with zero attached hydrogens (tertiary/aromatic N) is 4. The molecule has 1 amide bonds. The number of hydrogen-bond acceptors (Lipinski definition) is 6. The second kappa shape index (κ2) is 7.93. The first-order valence-electron chi connectivity index (χ1n) is 10.4. The molecule has 30 heavy (non-hydrogen) atoms. The van der Waals surface area contributed by atoms with Gasteiger partial charge in [0.15, 0.2) is 0 Å². The number of fused-ring (bicyclic) bond motifs is 3. The Balaban J connectivity index is 1.25. The summed E-state index contributed by atoms with van der Waals surface area (Å²) < 4.78 is 5.74. The van der Waals surface area contributed by atoms with Crippen molar-refractivity contribution >= 4 is 17.9 Å². The van der Waals surface area contributed by atoms with Crippen LogP contribution in [0.5, 0.6) is 0 Å². The van der Waals surface area contributed by atoms with Crippen LogP contribution in [-0.2, 0) is 17.7 Å². The van der Waals surface area contributed by atoms with E-state index in [4.69, 9.17) is 4.74 Å². The van der Waals surface area contributed by atoms with E-state index in [-0.39, 0.29) is 24.3 Å². The third-order valence-electron chi connectivity index (χ3n) is 6.48. The molecule has 1 aliphatic carbocycles. The predicted molar refractivity (Wildman–Crippen MR) is 114 cm³/mol. The third-order valence-corrected chi connectivity index (χ3v) is 7.18. The minimum Gasteiger partial charge on any atom is -0.443 e. The summed E-state index contributed by atoms with van der Waals surface area (Å²) >= 11 is 1.51. The molecule has 3 aliphatic rings. The van der Waals surface area contributed by atoms with E-state index >= 15 is 0 Å². The van der Waals surface area contributed by atoms with E-state index in [0.29, 0.717) is 5.56 Å². The molecule has 0 radical (unpaired) electrons. The SMILES string of the molecule is CSc1nc(CN2CCC(N3C(=O)OC4Cc5ccccc5C43)CC2)ccc1C#N. The molecule has 5 rings (SSSR count). The van der Waals surface area contributed by atoms with E-state index in [1.165, 1.54) is 22.9 Å². The fourth-order valence-electron chi connectivity index (χ4n) is 5.04. The molecule has 2 aliphatic heterocycles. The van der Waals surface area contributed by atoms with Crippen molar-refractivity contribution in [2.24, 2.45) is 0 Å². The second-order valence-corrected chi connectivity index (χ2v) is 8.95. The Morgan fingerprint density at radius 2 is 2.03 bits per heavy atom. The number of carbonyl (C=O) groups is 1. The number of pyridine rings is 1. The lowest BCUT2D eigenvalue weighted by atomic mass is 9.99. The quantitative estimate of drug-likeness (QED) is 0.702. The Labute approximate surface area is 180 Å². The van der Waals surface area contributed by atoms with Crippen molar-refractivity contribution in [1.82, 2.24) is 14.8 Å². The molecular formula is C23H24N4O2S. The van der Waals surface area contributed by atoms with Crippen LogP contribution in [0, 0.1) is 11.3 Å². The average Bonchev–Trinajstić information content (AvgIpc) is 3.28. The van der Waals surface area contributed by atoms with Crippen LogP contribution in [0.25, 0.3) is 0 Å². The monoisotopic (exact) mass is 420 g/mol. The summed E-state index contributed by atoms with van der Waals surface area (Å²) in [4.78, 5) is 21.7. The summed E-state index contributed by atoms with van der Waals surface area (Å²) in [5.41, 5.74) is 4.17. The zero-order valence-electron chi connectivity index (χ0n) is 17.0. The number of likely N-dealkylation sites (tertiary alicyclic amines) is 1. The Morgan fingerprint density at radius 1 is 1.23 bits per heavy atom. The van der Waals surface area contributed by atoms with Crippen molar-refractivity contribution in [1.29, 1.82) is 5.26 Å². The van der Waals surface area contributed by atoms with Gasteiger partial charge < -0.3 is 4.74 Å². The van der Waals surface area contributed by atoms with E-state index in [2.05, 4.69) is 40.2 Å². The normalized spacial score (nSPS) is 23.7. The van der Waals surface area contributed by atoms with Crippen molar-refractivity contribution in [3.05, 3.63) is 58.8 Å². The Bertz CT molecular complexity index is 1010. The van der Waals surface area contributed by atoms with E-state index < -0.39 is 0 Å². The van der Waals surface area contributed by atoms with Gasteiger partial charge in [-0.15, -0.1) is 11.8 Å². The molecule has 0 spiro atoms. The smallest absolute Gasteiger partial charge is 0.411 e. The Hall–Kier alpha value is -2.56. The van der Waals surface area contributed by atoms with Crippen molar-refractivity contribution in [2.75, 3.05) is 19.3 Å². The van der Waals surface area contributed by atoms with E-state index in [0.717, 1.165) is 49.6 Å². The molecule has 1 aromatic heterocycles. The Kier molecular flexibility index (Phi) is 5.13. The molecule has 7 heteroatoms. The van der Waals surface area contributed by atoms with Crippen molar-refractivity contribution in [2.45, 2.75) is 49.0 Å². The Morgan fingerprint density at radius 3 is 2.80 bits per heavy atom. The minimum atomic E-state index is -0.156. The van der Waals surface area contributed by atoms with Gasteiger partial charge in [0.25, 0.3) is 0 Å². The molecule has 2 fully saturated rings. The van der Waals surface area contributed by atoms with Crippen LogP contribution in [0.2, 0.25) is 0 Å². The lowest BCUT2D eigenvalue weighted by Gasteiger charge is -2.37. The topological polar surface area (TPSA) is 69.5 Å². The highest BCUT2D eigenvalue weighted by molar-refractivity contribution is 7.98. The van der Waals surface area contributed by atoms with Crippen LogP contribution in [-0.4, -0.2) is 52.4 Å². The molecule has 3 heterocycles. The van der Waals surface area contributed by atoms with Gasteiger partial charge in [0.05, 0.1) is 17.3 Å². The number of hydrogen-bond donors (Lipinski definition) is 0. The molecule has 2 unspecified atom stereocenters. The fraction of sp³-hybridized carbons (Fsp3) is 0.435. The lowest BCUT2D eigenvalue weighted by Crippen LogP contribution is -2.46. The van der Waals surface area contributed by atoms with Gasteiger partial charge in [-0.3, -0.25) is 9.80 Å². The first-order valence-corrected chi connectivity index (χ1v) is 11.6. The second-order valence-electron chi connectivity index (χ2n) is 8.16. The number of benzene rings is 1. The lowest BCUT2D eigenvalue weighted by molar-refractivity contribution is 0.103. The van der Waals surface area contributed by atoms with E-state index in [9.17, 15) is 10.1 Å². The zero-order valence-corrected chi connectivity index (χ0v) is 17.8. The van der Waals surface area contributed by atoms with Crippen molar-refractivity contribution in [3.8, 4) is 6.07 Å². The zero-order chi connectivity index (χ0) is 20.7. The van der Waals surface area contributed by atoms with E-state index in [1.54, 1.807) is 0 Å². The van der Waals surface area contributed by atoms with Crippen molar-refractivity contribution in [3.63, 3.8) is 0 Å². The van der Waals surface area contributed by atoms with Crippen molar-refractivity contribution < 1.29 is 9.53 Å². The first kappa shape index (κ1) is 19.4. The van der Waals surface area contributed by atoms with Gasteiger partial charge in [-0.2, -0.15) is 5.26 Å². The number of rotatable bonds is 4. The number of thioether (sulfide) groups is 1. The molecule has 1 aromatic carbocycles. The summed E-state index contributed by atoms with van der Waals surface area (Å²) in [7, 11) is 0. The minimum absolute atomic E-state index is 0.0410. The average molecular weight is 421 g/mol. The van der Waals surface area contributed by atoms with Gasteiger partial charge in [-0.25, -0.2) is 9.78 Å². The van der Waals surface area contributed by atoms with Crippen LogP contribution in [0.15, 0.2) is 41.4 Å². The molecule has 6 nitrogen and oxygen atoms in total. The number of carbonyl (C=O) groups excluding carboxylic acids is 1. The van der Waals surface area contributed by atoms with Crippen LogP contribution < -0.4 is 0 Å². The summed E-state index contributed by atoms with van der Waals surface area (Å²) in [6.07, 6.45) is 4.45. The summed E-state index contributed by atoms with van der Waals surface area (Å²) in [6, 6.07) is 14.7. The van der Waals surface area contributed by atoms with Crippen LogP contribution in [0.3, 0.4) is 0 Å². The number of ether oxygens (including phenoxy) is 1. The van der Waals surface area contributed by atoms with Gasteiger partial charge in [-0.1, -0.05) is 24.3 Å². The maximum absolute atomic E-state index is 12.7. The number of aromatic nitrogens is 1. The molecule has 2 saturated heterocycles. The fourth-order valence-corrected chi connectivity index (χ4v) is 5.59. The highest BCUT2D eigenvalue weighted by atomic mass is 32.2. The number of piperidine rings is 1. The van der Waals surface area contributed by atoms with Gasteiger partial charge in [0.2, 0.25) is 0 Å². The molecule has 2 atom stereocenters. The van der Waals surface area contributed by atoms with Gasteiger partial charge in [0, 0.05) is 32.1 Å². The predicted octanol–water partition coefficient (Wildman–Crippen LogP) is 3.76. The first-order chi connectivity index (χ1) is 14.7. The highest BCUT2D eigenvalue weighted by Gasteiger charge is 2.50. The third kappa shape index (κ3) is 3.34. The maximum atomic E-state index is 12.7. The number of amides is 1. The van der Waals surface area contributed by atoms with Crippen LogP contribution in [0.4, 0.5) is 4.79 Å². The molecule has 0 bridgehead atoms. The van der Waals surface area contributed by atoms with Gasteiger partial charge >= 0.3 is 6.09 Å². The highest BCUT2D eigenvalue weighted by Crippen LogP contribution is 2.44. The van der Waals surface area contributed by atoms with Gasteiger partial charge in [-0.05, 0) is 42.4 Å². The van der Waals surface area contributed by atoms with Crippen LogP contribution >= 0.6 is 11.8 Å². The van der Waals surface area contributed by atoms with Gasteiger partial charge in [0.1, 0.15) is 17.2 Å². The molecule has 2 aromatic rings. The summed E-state index contributed by atoms with van der Waals surface area (Å²) in [5, 5.41) is 9.97. The molecule has 0 N–H and O–H groups in total. The molecular weight excluding hydrogens is 396 g/mol. The van der Waals surface area contributed by atoms with Crippen LogP contribution in [0.1, 0.15) is 41.3 Å². The summed E-state index contributed by atoms with van der Waals surface area (Å²) in [6.45, 7) is 2.61. The summed E-state index contributed by atoms with van der Waals surface area (Å²) in [5.74, 6) is 0. The number of nitriles is 1. The van der Waals surface area contributed by atoms with E-state index in [1.807, 2.05) is 23.3 Å².